The average molecular weight is 774 g/mol. The Hall–Kier alpha value is -4.35. The molecule has 0 aliphatic rings. The number of amides is 1. The SMILES string of the molecule is CC(C)CC(N)C(=O)O.CC(C)CC(N)C(=O)O.CC(N)=O.C[N+](C)(C)CCO.NC(N)=NCCCC(N)C(=O)O.NC(N)=NCCCC(N)C(=O)O. The lowest BCUT2D eigenvalue weighted by Gasteiger charge is -2.21. The zero-order valence-corrected chi connectivity index (χ0v) is 32.9. The van der Waals surface area contributed by atoms with Gasteiger partial charge in [-0.2, -0.15) is 0 Å². The molecule has 316 valence electrons. The van der Waals surface area contributed by atoms with Crippen molar-refractivity contribution in [1.29, 1.82) is 0 Å². The van der Waals surface area contributed by atoms with Crippen LogP contribution in [0.2, 0.25) is 0 Å². The molecule has 0 aliphatic heterocycles. The number of guanidine groups is 2. The third kappa shape index (κ3) is 70.1. The highest BCUT2D eigenvalue weighted by molar-refractivity contribution is 5.76. The van der Waals surface area contributed by atoms with Gasteiger partial charge in [-0.15, -0.1) is 0 Å². The topological polar surface area (TPSA) is 445 Å². The molecule has 0 saturated heterocycles. The van der Waals surface area contributed by atoms with E-state index in [1.807, 2.05) is 27.7 Å². The van der Waals surface area contributed by atoms with Crippen molar-refractivity contribution < 1.29 is 54.0 Å². The van der Waals surface area contributed by atoms with Crippen molar-refractivity contribution in [2.45, 2.75) is 97.3 Å². The van der Waals surface area contributed by atoms with E-state index in [9.17, 15) is 24.0 Å². The third-order valence-corrected chi connectivity index (χ3v) is 5.43. The summed E-state index contributed by atoms with van der Waals surface area (Å²) >= 11 is 0. The number of carboxylic acid groups (broad SMARTS) is 4. The van der Waals surface area contributed by atoms with Crippen LogP contribution in [0.3, 0.4) is 0 Å². The van der Waals surface area contributed by atoms with E-state index in [2.05, 4.69) is 36.9 Å². The fraction of sp³-hybridized carbons (Fsp3) is 0.774. The number of likely N-dealkylation sites (N-methyl/N-ethyl adjacent to an activating group) is 1. The Morgan fingerprint density at radius 3 is 0.925 bits per heavy atom. The van der Waals surface area contributed by atoms with Crippen LogP contribution >= 0.6 is 0 Å². The van der Waals surface area contributed by atoms with E-state index in [1.165, 1.54) is 6.92 Å². The number of carboxylic acids is 4. The molecule has 0 aliphatic carbocycles. The predicted octanol–water partition coefficient (Wildman–Crippen LogP) is -3.03. The van der Waals surface area contributed by atoms with Crippen LogP contribution in [0.5, 0.6) is 0 Å². The first-order chi connectivity index (χ1) is 23.9. The van der Waals surface area contributed by atoms with Gasteiger partial charge >= 0.3 is 23.9 Å². The van der Waals surface area contributed by atoms with Gasteiger partial charge in [0.2, 0.25) is 5.91 Å². The fourth-order valence-electron chi connectivity index (χ4n) is 2.80. The van der Waals surface area contributed by atoms with Gasteiger partial charge in [-0.25, -0.2) is 0 Å². The quantitative estimate of drug-likeness (QED) is 0.0285. The molecule has 0 spiro atoms. The van der Waals surface area contributed by atoms with Crippen LogP contribution < -0.4 is 51.6 Å². The van der Waals surface area contributed by atoms with Gasteiger partial charge in [-0.05, 0) is 50.4 Å². The van der Waals surface area contributed by atoms with Crippen molar-refractivity contribution in [3.8, 4) is 0 Å². The minimum atomic E-state index is -1.00. The van der Waals surface area contributed by atoms with Crippen LogP contribution in [0.4, 0.5) is 0 Å². The Bertz CT molecular complexity index is 962. The Morgan fingerprint density at radius 2 is 0.811 bits per heavy atom. The van der Waals surface area contributed by atoms with Gasteiger partial charge < -0.3 is 81.6 Å². The largest absolute Gasteiger partial charge is 0.480 e. The summed E-state index contributed by atoms with van der Waals surface area (Å²) in [5, 5.41) is 41.8. The van der Waals surface area contributed by atoms with Gasteiger partial charge in [0.05, 0.1) is 27.7 Å². The molecule has 22 nitrogen and oxygen atoms in total. The molecule has 0 bridgehead atoms. The number of quaternary nitrogens is 1. The minimum Gasteiger partial charge on any atom is -0.480 e. The zero-order valence-electron chi connectivity index (χ0n) is 32.9. The van der Waals surface area contributed by atoms with E-state index >= 15 is 0 Å². The number of aliphatic hydroxyl groups excluding tert-OH is 1. The number of aliphatic hydroxyl groups is 1. The summed E-state index contributed by atoms with van der Waals surface area (Å²) in [4.78, 5) is 57.2. The number of carbonyl (C=O) groups is 5. The number of aliphatic carboxylic acids is 4. The maximum absolute atomic E-state index is 10.2. The monoisotopic (exact) mass is 774 g/mol. The molecule has 0 saturated carbocycles. The van der Waals surface area contributed by atoms with Crippen LogP contribution in [0.25, 0.3) is 0 Å². The first kappa shape index (κ1) is 60.7. The number of primary amides is 1. The number of aliphatic imine (C=N–C) groups is 2. The first-order valence-electron chi connectivity index (χ1n) is 16.7. The van der Waals surface area contributed by atoms with Gasteiger partial charge in [-0.1, -0.05) is 27.7 Å². The van der Waals surface area contributed by atoms with Gasteiger partial charge in [-0.3, -0.25) is 34.0 Å². The molecule has 1 amide bonds. The van der Waals surface area contributed by atoms with E-state index in [4.69, 9.17) is 71.4 Å². The molecule has 0 aromatic carbocycles. The smallest absolute Gasteiger partial charge is 0.320 e. The molecule has 0 heterocycles. The van der Waals surface area contributed by atoms with Crippen molar-refractivity contribution in [3.05, 3.63) is 0 Å². The highest BCUT2D eigenvalue weighted by Gasteiger charge is 2.13. The summed E-state index contributed by atoms with van der Waals surface area (Å²) < 4.78 is 0.844. The lowest BCUT2D eigenvalue weighted by atomic mass is 10.1. The van der Waals surface area contributed by atoms with Crippen LogP contribution in [0.15, 0.2) is 9.98 Å². The van der Waals surface area contributed by atoms with Gasteiger partial charge in [0.1, 0.15) is 30.7 Å². The van der Waals surface area contributed by atoms with E-state index in [1.54, 1.807) is 0 Å². The van der Waals surface area contributed by atoms with E-state index in [-0.39, 0.29) is 24.4 Å². The lowest BCUT2D eigenvalue weighted by Crippen LogP contribution is -2.36. The second-order valence-electron chi connectivity index (χ2n) is 13.3. The summed E-state index contributed by atoms with van der Waals surface area (Å²) in [7, 11) is 6.16. The molecule has 23 N–H and O–H groups in total. The fourth-order valence-corrected chi connectivity index (χ4v) is 2.80. The van der Waals surface area contributed by atoms with Crippen molar-refractivity contribution in [2.75, 3.05) is 47.4 Å². The summed E-state index contributed by atoms with van der Waals surface area (Å²) in [6, 6.07) is -3.02. The van der Waals surface area contributed by atoms with Crippen molar-refractivity contribution in [1.82, 2.24) is 0 Å². The molecule has 0 aromatic rings. The summed E-state index contributed by atoms with van der Waals surface area (Å²) in [5.41, 5.74) is 45.6. The Balaban J connectivity index is -0.000000128. The third-order valence-electron chi connectivity index (χ3n) is 5.43. The summed E-state index contributed by atoms with van der Waals surface area (Å²) in [5.74, 6) is -3.42. The predicted molar refractivity (Wildman–Crippen MR) is 206 cm³/mol. The Morgan fingerprint density at radius 1 is 0.566 bits per heavy atom. The minimum absolute atomic E-state index is 0.0129. The maximum atomic E-state index is 10.2. The van der Waals surface area contributed by atoms with Crippen molar-refractivity contribution >= 4 is 41.7 Å². The molecule has 0 radical (unpaired) electrons. The van der Waals surface area contributed by atoms with E-state index in [0.29, 0.717) is 63.5 Å². The number of hydrogen-bond donors (Lipinski definition) is 14. The summed E-state index contributed by atoms with van der Waals surface area (Å²) in [6.07, 6.45) is 3.01. The van der Waals surface area contributed by atoms with Crippen LogP contribution in [0.1, 0.15) is 73.1 Å². The number of hydrogen-bond acceptors (Lipinski definition) is 12. The van der Waals surface area contributed by atoms with Crippen molar-refractivity contribution in [2.24, 2.45) is 73.4 Å². The zero-order chi connectivity index (χ0) is 43.5. The number of nitrogens with zero attached hydrogens (tertiary/aromatic N) is 3. The van der Waals surface area contributed by atoms with Gasteiger partial charge in [0, 0.05) is 20.0 Å². The van der Waals surface area contributed by atoms with Crippen molar-refractivity contribution in [3.63, 3.8) is 0 Å². The summed E-state index contributed by atoms with van der Waals surface area (Å²) in [6.45, 7) is 11.0. The highest BCUT2D eigenvalue weighted by atomic mass is 16.4. The molecule has 0 aromatic heterocycles. The van der Waals surface area contributed by atoms with Crippen LogP contribution in [0, 0.1) is 11.8 Å². The molecule has 22 heteroatoms. The number of carbonyl (C=O) groups excluding carboxylic acids is 1. The normalized spacial score (nSPS) is 12.2. The highest BCUT2D eigenvalue weighted by Crippen LogP contribution is 2.02. The van der Waals surface area contributed by atoms with Crippen LogP contribution in [-0.2, 0) is 24.0 Å². The first-order valence-corrected chi connectivity index (χ1v) is 16.7. The molecule has 0 rings (SSSR count). The van der Waals surface area contributed by atoms with Gasteiger partial charge in [0.15, 0.2) is 11.9 Å². The molecule has 4 unspecified atom stereocenters. The van der Waals surface area contributed by atoms with Gasteiger partial charge in [0.25, 0.3) is 0 Å². The second kappa shape index (κ2) is 37.4. The molecule has 4 atom stereocenters. The van der Waals surface area contributed by atoms with E-state index in [0.717, 1.165) is 11.0 Å². The molecule has 0 fully saturated rings. The molecular weight excluding hydrogens is 700 g/mol. The Labute approximate surface area is 313 Å². The number of rotatable bonds is 18. The number of nitrogens with two attached hydrogens (primary N) is 9. The second-order valence-corrected chi connectivity index (χ2v) is 13.3. The Kier molecular flexibility index (Phi) is 42.9. The average Bonchev–Trinajstić information content (AvgIpc) is 2.96. The molecular formula is C31H73N12O10+. The molecule has 53 heavy (non-hydrogen) atoms. The maximum Gasteiger partial charge on any atom is 0.320 e. The van der Waals surface area contributed by atoms with E-state index < -0.39 is 48.0 Å². The standard InChI is InChI=1S/2C6H14N4O2.2C6H13NO2.C5H14NO.C2H5NO/c2*7-4(5(11)12)2-1-3-10-6(8)9;2*1-4(2)3-5(7)6(8)9;1-6(2,3)4-5-7;1-2(3)4/h2*4H,1-3,7H2,(H,11,12)(H4,8,9,10);2*4-5H,3,7H2,1-2H3,(H,8,9);7H,4-5H2,1-3H3;1H3,(H2,3,4)/q;;;;+1;. The van der Waals surface area contributed by atoms with Crippen LogP contribution in [-0.4, -0.2) is 143 Å². The lowest BCUT2D eigenvalue weighted by molar-refractivity contribution is -0.870.